The number of hydrogen-bond acceptors (Lipinski definition) is 5. The van der Waals surface area contributed by atoms with Gasteiger partial charge in [0.25, 0.3) is 0 Å². The highest BCUT2D eigenvalue weighted by molar-refractivity contribution is 5.71. The van der Waals surface area contributed by atoms with E-state index >= 15 is 0 Å². The van der Waals surface area contributed by atoms with Crippen LogP contribution < -0.4 is 4.90 Å². The van der Waals surface area contributed by atoms with Gasteiger partial charge in [-0.15, -0.1) is 0 Å². The molecule has 0 bridgehead atoms. The van der Waals surface area contributed by atoms with Crippen molar-refractivity contribution in [1.29, 1.82) is 0 Å². The van der Waals surface area contributed by atoms with Crippen LogP contribution in [0.1, 0.15) is 5.56 Å². The van der Waals surface area contributed by atoms with Gasteiger partial charge in [-0.05, 0) is 6.07 Å². The van der Waals surface area contributed by atoms with Gasteiger partial charge in [0.15, 0.2) is 11.5 Å². The fourth-order valence-corrected chi connectivity index (χ4v) is 3.71. The maximum absolute atomic E-state index is 5.18. The third kappa shape index (κ3) is 3.08. The Balaban J connectivity index is 1.37. The van der Waals surface area contributed by atoms with Crippen molar-refractivity contribution in [2.45, 2.75) is 6.54 Å². The summed E-state index contributed by atoms with van der Waals surface area (Å²) in [5.74, 6) is 0.961. The van der Waals surface area contributed by atoms with Crippen molar-refractivity contribution < 1.29 is 4.42 Å². The number of fused-ring (bicyclic) bond motifs is 1. The van der Waals surface area contributed by atoms with Gasteiger partial charge >= 0.3 is 0 Å². The fourth-order valence-electron chi connectivity index (χ4n) is 3.71. The average Bonchev–Trinajstić information content (AvgIpc) is 3.39. The number of benzene rings is 1. The van der Waals surface area contributed by atoms with Crippen LogP contribution in [0.2, 0.25) is 0 Å². The number of aromatic nitrogens is 3. The number of hydrogen-bond donors (Lipinski definition) is 0. The third-order valence-electron chi connectivity index (χ3n) is 5.14. The molecule has 0 unspecified atom stereocenters. The van der Waals surface area contributed by atoms with Crippen LogP contribution in [0.5, 0.6) is 0 Å². The van der Waals surface area contributed by atoms with E-state index in [0.717, 1.165) is 55.4 Å². The highest BCUT2D eigenvalue weighted by atomic mass is 16.3. The predicted octanol–water partition coefficient (Wildman–Crippen LogP) is 3.31. The SMILES string of the molecule is c1ccc(-c2cnc3c(N4CCN(Cc5ccoc5)CC4)nccn23)cc1. The zero-order valence-corrected chi connectivity index (χ0v) is 15.0. The molecule has 6 heteroatoms. The number of imidazole rings is 1. The molecular weight excluding hydrogens is 338 g/mol. The first-order valence-electron chi connectivity index (χ1n) is 9.24. The van der Waals surface area contributed by atoms with Gasteiger partial charge < -0.3 is 9.32 Å². The first kappa shape index (κ1) is 16.1. The van der Waals surface area contributed by atoms with Crippen molar-refractivity contribution >= 4 is 11.5 Å². The Morgan fingerprint density at radius 1 is 0.963 bits per heavy atom. The Morgan fingerprint density at radius 3 is 2.59 bits per heavy atom. The number of anilines is 1. The molecule has 1 saturated heterocycles. The third-order valence-corrected chi connectivity index (χ3v) is 5.14. The lowest BCUT2D eigenvalue weighted by atomic mass is 10.2. The van der Waals surface area contributed by atoms with Gasteiger partial charge in [0, 0.05) is 56.2 Å². The Labute approximate surface area is 157 Å². The molecule has 27 heavy (non-hydrogen) atoms. The van der Waals surface area contributed by atoms with Crippen molar-refractivity contribution in [2.24, 2.45) is 0 Å². The maximum Gasteiger partial charge on any atom is 0.180 e. The van der Waals surface area contributed by atoms with Gasteiger partial charge in [-0.25, -0.2) is 9.97 Å². The van der Waals surface area contributed by atoms with Crippen molar-refractivity contribution in [3.63, 3.8) is 0 Å². The second kappa shape index (κ2) is 6.89. The molecule has 1 aliphatic heterocycles. The molecular formula is C21H21N5O. The van der Waals surface area contributed by atoms with Crippen LogP contribution >= 0.6 is 0 Å². The molecule has 3 aromatic heterocycles. The monoisotopic (exact) mass is 359 g/mol. The fraction of sp³-hybridized carbons (Fsp3) is 0.238. The van der Waals surface area contributed by atoms with Crippen molar-refractivity contribution in [1.82, 2.24) is 19.3 Å². The molecule has 4 heterocycles. The van der Waals surface area contributed by atoms with Gasteiger partial charge in [0.1, 0.15) is 0 Å². The Kier molecular flexibility index (Phi) is 4.10. The maximum atomic E-state index is 5.18. The standard InChI is InChI=1S/C21H21N5O/c1-2-4-18(5-3-1)19-14-23-21-20(22-7-8-26(19)21)25-11-9-24(10-12-25)15-17-6-13-27-16-17/h1-8,13-14,16H,9-12,15H2. The molecule has 0 saturated carbocycles. The largest absolute Gasteiger partial charge is 0.472 e. The first-order chi connectivity index (χ1) is 13.4. The highest BCUT2D eigenvalue weighted by Gasteiger charge is 2.21. The summed E-state index contributed by atoms with van der Waals surface area (Å²) >= 11 is 0. The van der Waals surface area contributed by atoms with Crippen LogP contribution in [0.15, 0.2) is 71.9 Å². The first-order valence-corrected chi connectivity index (χ1v) is 9.24. The Hall–Kier alpha value is -3.12. The van der Waals surface area contributed by atoms with E-state index in [4.69, 9.17) is 4.42 Å². The smallest absolute Gasteiger partial charge is 0.180 e. The van der Waals surface area contributed by atoms with Crippen LogP contribution in [0.4, 0.5) is 5.82 Å². The van der Waals surface area contributed by atoms with Crippen molar-refractivity contribution in [3.05, 3.63) is 73.1 Å². The second-order valence-electron chi connectivity index (χ2n) is 6.85. The van der Waals surface area contributed by atoms with E-state index in [-0.39, 0.29) is 0 Å². The number of furan rings is 1. The van der Waals surface area contributed by atoms with Crippen molar-refractivity contribution in [2.75, 3.05) is 31.1 Å². The molecule has 0 aliphatic carbocycles. The minimum absolute atomic E-state index is 0.916. The van der Waals surface area contributed by atoms with Gasteiger partial charge in [-0.1, -0.05) is 30.3 Å². The predicted molar refractivity (Wildman–Crippen MR) is 105 cm³/mol. The molecule has 0 atom stereocenters. The summed E-state index contributed by atoms with van der Waals surface area (Å²) in [7, 11) is 0. The van der Waals surface area contributed by atoms with Gasteiger partial charge in [-0.2, -0.15) is 0 Å². The molecule has 1 fully saturated rings. The van der Waals surface area contributed by atoms with Crippen LogP contribution in [0.3, 0.4) is 0 Å². The highest BCUT2D eigenvalue weighted by Crippen LogP contribution is 2.25. The molecule has 6 nitrogen and oxygen atoms in total. The summed E-state index contributed by atoms with van der Waals surface area (Å²) in [5.41, 5.74) is 4.39. The average molecular weight is 359 g/mol. The Bertz CT molecular complexity index is 1020. The van der Waals surface area contributed by atoms with Gasteiger partial charge in [-0.3, -0.25) is 9.30 Å². The van der Waals surface area contributed by atoms with Crippen LogP contribution in [-0.4, -0.2) is 45.4 Å². The molecule has 1 aliphatic rings. The molecule has 4 aromatic rings. The van der Waals surface area contributed by atoms with Crippen molar-refractivity contribution in [3.8, 4) is 11.3 Å². The molecule has 1 aromatic carbocycles. The molecule has 0 spiro atoms. The second-order valence-corrected chi connectivity index (χ2v) is 6.85. The molecule has 5 rings (SSSR count). The lowest BCUT2D eigenvalue weighted by Gasteiger charge is -2.35. The van der Waals surface area contributed by atoms with Crippen LogP contribution in [-0.2, 0) is 6.54 Å². The number of rotatable bonds is 4. The van der Waals surface area contributed by atoms with E-state index in [0.29, 0.717) is 0 Å². The molecule has 0 N–H and O–H groups in total. The van der Waals surface area contributed by atoms with E-state index in [2.05, 4.69) is 48.4 Å². The molecule has 0 radical (unpaired) electrons. The zero-order chi connectivity index (χ0) is 18.1. The minimum Gasteiger partial charge on any atom is -0.472 e. The van der Waals surface area contributed by atoms with Gasteiger partial charge in [0.2, 0.25) is 0 Å². The number of nitrogens with zero attached hydrogens (tertiary/aromatic N) is 5. The summed E-state index contributed by atoms with van der Waals surface area (Å²) < 4.78 is 7.31. The van der Waals surface area contributed by atoms with Crippen LogP contribution in [0, 0.1) is 0 Å². The van der Waals surface area contributed by atoms with E-state index in [1.807, 2.05) is 37.0 Å². The lowest BCUT2D eigenvalue weighted by molar-refractivity contribution is 0.249. The summed E-state index contributed by atoms with van der Waals surface area (Å²) in [6, 6.07) is 12.4. The quantitative estimate of drug-likeness (QED) is 0.559. The summed E-state index contributed by atoms with van der Waals surface area (Å²) in [6.07, 6.45) is 9.35. The number of piperazine rings is 1. The normalized spacial score (nSPS) is 15.5. The summed E-state index contributed by atoms with van der Waals surface area (Å²) in [5, 5.41) is 0. The summed E-state index contributed by atoms with van der Waals surface area (Å²) in [4.78, 5) is 14.1. The topological polar surface area (TPSA) is 49.8 Å². The van der Waals surface area contributed by atoms with E-state index in [1.165, 1.54) is 5.56 Å². The van der Waals surface area contributed by atoms with E-state index < -0.39 is 0 Å². The zero-order valence-electron chi connectivity index (χ0n) is 15.0. The summed E-state index contributed by atoms with van der Waals surface area (Å²) in [6.45, 7) is 4.82. The van der Waals surface area contributed by atoms with E-state index in [9.17, 15) is 0 Å². The molecule has 136 valence electrons. The Morgan fingerprint density at radius 2 is 1.81 bits per heavy atom. The minimum atomic E-state index is 0.916. The van der Waals surface area contributed by atoms with Gasteiger partial charge in [0.05, 0.1) is 24.4 Å². The molecule has 0 amide bonds. The lowest BCUT2D eigenvalue weighted by Crippen LogP contribution is -2.46. The van der Waals surface area contributed by atoms with E-state index in [1.54, 1.807) is 6.26 Å². The van der Waals surface area contributed by atoms with Crippen LogP contribution in [0.25, 0.3) is 16.9 Å².